The lowest BCUT2D eigenvalue weighted by Crippen LogP contribution is -2.57. The van der Waals surface area contributed by atoms with Gasteiger partial charge in [-0.2, -0.15) is 0 Å². The van der Waals surface area contributed by atoms with E-state index in [9.17, 15) is 9.59 Å². The molecule has 0 radical (unpaired) electrons. The second-order valence-electron chi connectivity index (χ2n) is 8.05. The monoisotopic (exact) mass is 378 g/mol. The Labute approximate surface area is 164 Å². The maximum Gasteiger partial charge on any atom is 0.321 e. The van der Waals surface area contributed by atoms with Crippen LogP contribution in [0.5, 0.6) is 0 Å². The quantitative estimate of drug-likeness (QED) is 0.843. The third-order valence-corrected chi connectivity index (χ3v) is 6.37. The fourth-order valence-electron chi connectivity index (χ4n) is 4.95. The van der Waals surface area contributed by atoms with Crippen molar-refractivity contribution in [3.63, 3.8) is 0 Å². The van der Waals surface area contributed by atoms with Crippen LogP contribution < -0.4 is 10.6 Å². The molecule has 28 heavy (non-hydrogen) atoms. The van der Waals surface area contributed by atoms with Gasteiger partial charge in [-0.1, -0.05) is 24.3 Å². The summed E-state index contributed by atoms with van der Waals surface area (Å²) in [6, 6.07) is 10.6. The smallest absolute Gasteiger partial charge is 0.321 e. The predicted molar refractivity (Wildman–Crippen MR) is 110 cm³/mol. The van der Waals surface area contributed by atoms with Gasteiger partial charge in [0.25, 0.3) is 0 Å². The van der Waals surface area contributed by atoms with Crippen molar-refractivity contribution in [2.75, 3.05) is 38.0 Å². The van der Waals surface area contributed by atoms with Crippen LogP contribution in [0.3, 0.4) is 0 Å². The number of nitrogens with zero attached hydrogens (tertiary/aromatic N) is 2. The van der Waals surface area contributed by atoms with E-state index in [0.29, 0.717) is 13.1 Å². The van der Waals surface area contributed by atoms with Gasteiger partial charge in [0.15, 0.2) is 0 Å². The SMILES string of the molecule is O=C(Nc1ccc2c3c(cccc13)CC2)N1CCCC(N2CCNCC2=O)C1. The van der Waals surface area contributed by atoms with Gasteiger partial charge in [0.2, 0.25) is 5.91 Å². The van der Waals surface area contributed by atoms with Gasteiger partial charge in [-0.3, -0.25) is 4.79 Å². The number of carbonyl (C=O) groups excluding carboxylic acids is 2. The average Bonchev–Trinajstić information content (AvgIpc) is 3.15. The predicted octanol–water partition coefficient (Wildman–Crippen LogP) is 2.37. The zero-order valence-electron chi connectivity index (χ0n) is 16.0. The molecule has 2 N–H and O–H groups in total. The molecule has 1 unspecified atom stereocenters. The summed E-state index contributed by atoms with van der Waals surface area (Å²) in [5.41, 5.74) is 3.63. The van der Waals surface area contributed by atoms with Crippen LogP contribution in [-0.4, -0.2) is 60.5 Å². The van der Waals surface area contributed by atoms with E-state index in [2.05, 4.69) is 34.9 Å². The summed E-state index contributed by atoms with van der Waals surface area (Å²) < 4.78 is 0. The van der Waals surface area contributed by atoms with Crippen LogP contribution in [-0.2, 0) is 17.6 Å². The summed E-state index contributed by atoms with van der Waals surface area (Å²) >= 11 is 0. The number of aryl methyl sites for hydroxylation is 2. The van der Waals surface area contributed by atoms with Gasteiger partial charge in [-0.15, -0.1) is 0 Å². The van der Waals surface area contributed by atoms with E-state index in [1.807, 2.05) is 15.9 Å². The third kappa shape index (κ3) is 3.02. The Kier molecular flexibility index (Phi) is 4.43. The number of piperidine rings is 1. The zero-order chi connectivity index (χ0) is 19.1. The Morgan fingerprint density at radius 3 is 2.82 bits per heavy atom. The first-order chi connectivity index (χ1) is 13.7. The lowest BCUT2D eigenvalue weighted by atomic mass is 10.0. The number of hydrogen-bond donors (Lipinski definition) is 2. The van der Waals surface area contributed by atoms with Crippen LogP contribution in [0.25, 0.3) is 10.8 Å². The van der Waals surface area contributed by atoms with Gasteiger partial charge < -0.3 is 20.4 Å². The number of likely N-dealkylation sites (tertiary alicyclic amines) is 1. The number of nitrogens with one attached hydrogen (secondary N) is 2. The van der Waals surface area contributed by atoms with Gasteiger partial charge in [-0.25, -0.2) is 4.79 Å². The summed E-state index contributed by atoms with van der Waals surface area (Å²) in [6.45, 7) is 3.31. The summed E-state index contributed by atoms with van der Waals surface area (Å²) in [5, 5.41) is 8.70. The van der Waals surface area contributed by atoms with Gasteiger partial charge in [0.1, 0.15) is 0 Å². The Bertz CT molecular complexity index is 931. The second-order valence-corrected chi connectivity index (χ2v) is 8.05. The summed E-state index contributed by atoms with van der Waals surface area (Å²) in [7, 11) is 0. The molecule has 2 fully saturated rings. The Morgan fingerprint density at radius 2 is 1.96 bits per heavy atom. The van der Waals surface area contributed by atoms with Crippen molar-refractivity contribution in [2.45, 2.75) is 31.7 Å². The molecular weight excluding hydrogens is 352 g/mol. The fraction of sp³-hybridized carbons (Fsp3) is 0.455. The lowest BCUT2D eigenvalue weighted by molar-refractivity contribution is -0.135. The molecule has 1 atom stereocenters. The van der Waals surface area contributed by atoms with E-state index in [1.54, 1.807) is 0 Å². The molecule has 6 nitrogen and oxygen atoms in total. The molecule has 2 aromatic rings. The summed E-state index contributed by atoms with van der Waals surface area (Å²) in [6.07, 6.45) is 4.06. The van der Waals surface area contributed by atoms with Crippen LogP contribution in [0.4, 0.5) is 10.5 Å². The molecular formula is C22H26N4O2. The number of anilines is 1. The Balaban J connectivity index is 1.33. The normalized spacial score (nSPS) is 22.0. The van der Waals surface area contributed by atoms with E-state index >= 15 is 0 Å². The van der Waals surface area contributed by atoms with Crippen molar-refractivity contribution in [3.8, 4) is 0 Å². The van der Waals surface area contributed by atoms with Gasteiger partial charge in [-0.05, 0) is 48.3 Å². The molecule has 1 aliphatic carbocycles. The molecule has 6 heteroatoms. The fourth-order valence-corrected chi connectivity index (χ4v) is 4.95. The molecule has 2 aromatic carbocycles. The average molecular weight is 378 g/mol. The second kappa shape index (κ2) is 7.09. The third-order valence-electron chi connectivity index (χ3n) is 6.37. The molecule has 146 valence electrons. The number of piperazine rings is 1. The number of carbonyl (C=O) groups is 2. The van der Waals surface area contributed by atoms with Crippen molar-refractivity contribution in [1.29, 1.82) is 0 Å². The zero-order valence-corrected chi connectivity index (χ0v) is 16.0. The van der Waals surface area contributed by atoms with Crippen molar-refractivity contribution < 1.29 is 9.59 Å². The summed E-state index contributed by atoms with van der Waals surface area (Å²) in [4.78, 5) is 29.0. The molecule has 0 spiro atoms. The minimum atomic E-state index is -0.0639. The summed E-state index contributed by atoms with van der Waals surface area (Å²) in [5.74, 6) is 0.144. The van der Waals surface area contributed by atoms with Crippen LogP contribution in [0.2, 0.25) is 0 Å². The highest BCUT2D eigenvalue weighted by molar-refractivity contribution is 6.04. The van der Waals surface area contributed by atoms with E-state index in [4.69, 9.17) is 0 Å². The Morgan fingerprint density at radius 1 is 1.11 bits per heavy atom. The molecule has 2 heterocycles. The van der Waals surface area contributed by atoms with E-state index in [1.165, 1.54) is 16.5 Å². The highest BCUT2D eigenvalue weighted by atomic mass is 16.2. The number of amides is 3. The van der Waals surface area contributed by atoms with Crippen molar-refractivity contribution in [3.05, 3.63) is 41.5 Å². The highest BCUT2D eigenvalue weighted by Crippen LogP contribution is 2.35. The molecule has 3 amide bonds. The van der Waals surface area contributed by atoms with E-state index < -0.39 is 0 Å². The van der Waals surface area contributed by atoms with Gasteiger partial charge >= 0.3 is 6.03 Å². The minimum Gasteiger partial charge on any atom is -0.336 e. The van der Waals surface area contributed by atoms with Crippen molar-refractivity contribution in [1.82, 2.24) is 15.1 Å². The van der Waals surface area contributed by atoms with Crippen LogP contribution >= 0.6 is 0 Å². The van der Waals surface area contributed by atoms with Crippen molar-refractivity contribution in [2.24, 2.45) is 0 Å². The van der Waals surface area contributed by atoms with Crippen LogP contribution in [0.1, 0.15) is 24.0 Å². The molecule has 5 rings (SSSR count). The molecule has 0 aromatic heterocycles. The van der Waals surface area contributed by atoms with Crippen LogP contribution in [0.15, 0.2) is 30.3 Å². The Hall–Kier alpha value is -2.60. The highest BCUT2D eigenvalue weighted by Gasteiger charge is 2.31. The standard InChI is InChI=1S/C22H26N4O2/c27-20-13-23-10-12-26(20)17-4-2-11-25(14-17)22(28)24-19-9-8-16-7-6-15-3-1-5-18(19)21(15)16/h1,3,5,8-9,17,23H,2,4,6-7,10-14H2,(H,24,28). The first-order valence-corrected chi connectivity index (χ1v) is 10.3. The molecule has 3 aliphatic rings. The molecule has 0 saturated carbocycles. The maximum absolute atomic E-state index is 13.0. The molecule has 0 bridgehead atoms. The van der Waals surface area contributed by atoms with Crippen molar-refractivity contribution >= 4 is 28.4 Å². The minimum absolute atomic E-state index is 0.0639. The molecule has 2 saturated heterocycles. The topological polar surface area (TPSA) is 64.7 Å². The van der Waals surface area contributed by atoms with Crippen LogP contribution in [0, 0.1) is 0 Å². The van der Waals surface area contributed by atoms with Gasteiger partial charge in [0.05, 0.1) is 12.2 Å². The largest absolute Gasteiger partial charge is 0.336 e. The number of hydrogen-bond acceptors (Lipinski definition) is 3. The van der Waals surface area contributed by atoms with Gasteiger partial charge in [0, 0.05) is 37.6 Å². The van der Waals surface area contributed by atoms with E-state index in [-0.39, 0.29) is 18.0 Å². The number of urea groups is 1. The molecule has 2 aliphatic heterocycles. The maximum atomic E-state index is 13.0. The lowest BCUT2D eigenvalue weighted by Gasteiger charge is -2.41. The van der Waals surface area contributed by atoms with E-state index in [0.717, 1.165) is 56.4 Å². The first-order valence-electron chi connectivity index (χ1n) is 10.3. The number of benzene rings is 2. The first kappa shape index (κ1) is 17.5. The number of rotatable bonds is 2.